The van der Waals surface area contributed by atoms with Gasteiger partial charge >= 0.3 is 5.69 Å². The average Bonchev–Trinajstić information content (AvgIpc) is 2.64. The minimum absolute atomic E-state index is 0.0131. The van der Waals surface area contributed by atoms with E-state index in [0.717, 1.165) is 4.57 Å². The standard InChI is InChI=1S/C11H16FN3O4/c1-2-11(5-16)8(17)7(12)9(19-11)15-4-3-6(13)14-10(15)18/h3-4,7-9,16-17H,2,5H2,1H3,(H2,13,14,18)/t7-,8-,9+,11+/m0/s1. The van der Waals surface area contributed by atoms with Crippen molar-refractivity contribution in [2.45, 2.75) is 37.4 Å². The molecule has 0 saturated carbocycles. The topological polar surface area (TPSA) is 111 Å². The van der Waals surface area contributed by atoms with E-state index in [1.54, 1.807) is 6.92 Å². The van der Waals surface area contributed by atoms with Crippen molar-refractivity contribution in [3.63, 3.8) is 0 Å². The minimum Gasteiger partial charge on any atom is -0.393 e. The zero-order valence-corrected chi connectivity index (χ0v) is 10.4. The number of anilines is 1. The van der Waals surface area contributed by atoms with Crippen molar-refractivity contribution < 1.29 is 19.3 Å². The summed E-state index contributed by atoms with van der Waals surface area (Å²) >= 11 is 0. The first-order valence-corrected chi connectivity index (χ1v) is 5.90. The van der Waals surface area contributed by atoms with E-state index in [1.807, 2.05) is 0 Å². The normalized spacial score (nSPS) is 34.6. The molecular formula is C11H16FN3O4. The molecule has 8 heteroatoms. The van der Waals surface area contributed by atoms with Gasteiger partial charge in [0.1, 0.15) is 17.5 Å². The van der Waals surface area contributed by atoms with E-state index < -0.39 is 36.4 Å². The van der Waals surface area contributed by atoms with Crippen LogP contribution in [0.25, 0.3) is 0 Å². The fourth-order valence-corrected chi connectivity index (χ4v) is 2.19. The third kappa shape index (κ3) is 2.11. The summed E-state index contributed by atoms with van der Waals surface area (Å²) in [6.45, 7) is 1.11. The van der Waals surface area contributed by atoms with Gasteiger partial charge in [-0.2, -0.15) is 4.98 Å². The molecule has 1 aliphatic rings. The summed E-state index contributed by atoms with van der Waals surface area (Å²) < 4.78 is 20.4. The predicted molar refractivity (Wildman–Crippen MR) is 64.0 cm³/mol. The number of hydrogen-bond donors (Lipinski definition) is 3. The highest BCUT2D eigenvalue weighted by molar-refractivity contribution is 5.23. The van der Waals surface area contributed by atoms with Crippen LogP contribution in [0.4, 0.5) is 10.2 Å². The number of aliphatic hydroxyl groups is 2. The van der Waals surface area contributed by atoms with Crippen molar-refractivity contribution >= 4 is 5.82 Å². The molecule has 1 saturated heterocycles. The molecule has 4 N–H and O–H groups in total. The molecule has 1 aromatic heterocycles. The maximum absolute atomic E-state index is 14.1. The van der Waals surface area contributed by atoms with E-state index in [-0.39, 0.29) is 12.2 Å². The Kier molecular flexibility index (Phi) is 3.57. The molecule has 19 heavy (non-hydrogen) atoms. The van der Waals surface area contributed by atoms with Crippen LogP contribution in [0.2, 0.25) is 0 Å². The van der Waals surface area contributed by atoms with E-state index >= 15 is 0 Å². The number of aromatic nitrogens is 2. The van der Waals surface area contributed by atoms with Crippen LogP contribution in [0.5, 0.6) is 0 Å². The SMILES string of the molecule is CC[C@]1(CO)O[C@@H](n2ccc(N)nc2=O)[C@@H](F)[C@@H]1O. The lowest BCUT2D eigenvalue weighted by Crippen LogP contribution is -2.44. The number of nitrogen functional groups attached to an aromatic ring is 1. The molecule has 0 radical (unpaired) electrons. The summed E-state index contributed by atoms with van der Waals surface area (Å²) in [5.41, 5.74) is 3.16. The molecule has 106 valence electrons. The van der Waals surface area contributed by atoms with Crippen molar-refractivity contribution in [1.29, 1.82) is 0 Å². The maximum atomic E-state index is 14.1. The van der Waals surface area contributed by atoms with Gasteiger partial charge in [0.25, 0.3) is 0 Å². The quantitative estimate of drug-likeness (QED) is 0.664. The zero-order chi connectivity index (χ0) is 14.2. The lowest BCUT2D eigenvalue weighted by Gasteiger charge is -2.28. The first kappa shape index (κ1) is 13.9. The van der Waals surface area contributed by atoms with Crippen LogP contribution in [0.15, 0.2) is 17.1 Å². The molecule has 1 fully saturated rings. The number of nitrogens with two attached hydrogens (primary N) is 1. The van der Waals surface area contributed by atoms with Gasteiger partial charge in [-0.3, -0.25) is 4.57 Å². The van der Waals surface area contributed by atoms with Crippen LogP contribution in [-0.2, 0) is 4.74 Å². The summed E-state index contributed by atoms with van der Waals surface area (Å²) in [5.74, 6) is 0.0131. The number of rotatable bonds is 3. The molecule has 4 atom stereocenters. The molecule has 1 aromatic rings. The molecule has 0 aliphatic carbocycles. The highest BCUT2D eigenvalue weighted by atomic mass is 19.1. The van der Waals surface area contributed by atoms with Gasteiger partial charge in [0.05, 0.1) is 6.61 Å². The molecule has 0 spiro atoms. The second-order valence-electron chi connectivity index (χ2n) is 4.52. The largest absolute Gasteiger partial charge is 0.393 e. The van der Waals surface area contributed by atoms with Gasteiger partial charge in [0.15, 0.2) is 12.4 Å². The van der Waals surface area contributed by atoms with Crippen LogP contribution in [0.1, 0.15) is 19.6 Å². The van der Waals surface area contributed by atoms with E-state index in [2.05, 4.69) is 4.98 Å². The Balaban J connectivity index is 2.39. The lowest BCUT2D eigenvalue weighted by molar-refractivity contribution is -0.130. The molecule has 0 bridgehead atoms. The van der Waals surface area contributed by atoms with Crippen LogP contribution in [-0.4, -0.2) is 44.2 Å². The molecule has 7 nitrogen and oxygen atoms in total. The third-order valence-electron chi connectivity index (χ3n) is 3.46. The van der Waals surface area contributed by atoms with Gasteiger partial charge in [0.2, 0.25) is 0 Å². The molecule has 1 aliphatic heterocycles. The Morgan fingerprint density at radius 2 is 2.37 bits per heavy atom. The first-order valence-electron chi connectivity index (χ1n) is 5.90. The second-order valence-corrected chi connectivity index (χ2v) is 4.52. The van der Waals surface area contributed by atoms with E-state index in [9.17, 15) is 19.4 Å². The predicted octanol–water partition coefficient (Wildman–Crippen LogP) is -0.806. The first-order chi connectivity index (χ1) is 8.95. The monoisotopic (exact) mass is 273 g/mol. The Hall–Kier alpha value is -1.51. The summed E-state index contributed by atoms with van der Waals surface area (Å²) in [4.78, 5) is 15.1. The number of aliphatic hydroxyl groups excluding tert-OH is 2. The van der Waals surface area contributed by atoms with Gasteiger partial charge in [0, 0.05) is 6.20 Å². The number of nitrogens with zero attached hydrogens (tertiary/aromatic N) is 2. The smallest absolute Gasteiger partial charge is 0.351 e. The van der Waals surface area contributed by atoms with Crippen LogP contribution >= 0.6 is 0 Å². The summed E-state index contributed by atoms with van der Waals surface area (Å²) in [5, 5.41) is 19.2. The summed E-state index contributed by atoms with van der Waals surface area (Å²) in [7, 11) is 0. The third-order valence-corrected chi connectivity index (χ3v) is 3.46. The Labute approximate surface area is 108 Å². The van der Waals surface area contributed by atoms with Gasteiger partial charge in [-0.15, -0.1) is 0 Å². The van der Waals surface area contributed by atoms with Crippen molar-refractivity contribution in [1.82, 2.24) is 9.55 Å². The van der Waals surface area contributed by atoms with Crippen LogP contribution in [0, 0.1) is 0 Å². The molecule has 0 amide bonds. The Bertz CT molecular complexity index is 517. The van der Waals surface area contributed by atoms with E-state index in [4.69, 9.17) is 10.5 Å². The summed E-state index contributed by atoms with van der Waals surface area (Å²) in [6, 6.07) is 1.33. The van der Waals surface area contributed by atoms with Crippen molar-refractivity contribution in [2.24, 2.45) is 0 Å². The Morgan fingerprint density at radius 1 is 1.68 bits per heavy atom. The van der Waals surface area contributed by atoms with Crippen molar-refractivity contribution in [3.8, 4) is 0 Å². The average molecular weight is 273 g/mol. The number of alkyl halides is 1. The summed E-state index contributed by atoms with van der Waals surface area (Å²) in [6.07, 6.45) is -3.23. The number of hydrogen-bond acceptors (Lipinski definition) is 6. The number of ether oxygens (including phenoxy) is 1. The maximum Gasteiger partial charge on any atom is 0.351 e. The fraction of sp³-hybridized carbons (Fsp3) is 0.636. The zero-order valence-electron chi connectivity index (χ0n) is 10.4. The highest BCUT2D eigenvalue weighted by Crippen LogP contribution is 2.40. The molecule has 0 aromatic carbocycles. The van der Waals surface area contributed by atoms with Gasteiger partial charge < -0.3 is 20.7 Å². The van der Waals surface area contributed by atoms with Crippen molar-refractivity contribution in [2.75, 3.05) is 12.3 Å². The fourth-order valence-electron chi connectivity index (χ4n) is 2.19. The Morgan fingerprint density at radius 3 is 2.84 bits per heavy atom. The van der Waals surface area contributed by atoms with Crippen LogP contribution < -0.4 is 11.4 Å². The van der Waals surface area contributed by atoms with Crippen LogP contribution in [0.3, 0.4) is 0 Å². The van der Waals surface area contributed by atoms with E-state index in [1.165, 1.54) is 12.3 Å². The lowest BCUT2D eigenvalue weighted by atomic mass is 9.94. The van der Waals surface area contributed by atoms with E-state index in [0.29, 0.717) is 0 Å². The van der Waals surface area contributed by atoms with Gasteiger partial charge in [-0.1, -0.05) is 6.92 Å². The molecule has 0 unspecified atom stereocenters. The van der Waals surface area contributed by atoms with Gasteiger partial charge in [-0.05, 0) is 12.5 Å². The van der Waals surface area contributed by atoms with Crippen molar-refractivity contribution in [3.05, 3.63) is 22.7 Å². The molecule has 2 rings (SSSR count). The van der Waals surface area contributed by atoms with Gasteiger partial charge in [-0.25, -0.2) is 9.18 Å². The molecular weight excluding hydrogens is 257 g/mol. The highest BCUT2D eigenvalue weighted by Gasteiger charge is 2.54. The second kappa shape index (κ2) is 4.87. The minimum atomic E-state index is -1.84. The number of halogens is 1. The molecule has 2 heterocycles.